The quantitative estimate of drug-likeness (QED) is 0.228. The molecule has 2 heterocycles. The summed E-state index contributed by atoms with van der Waals surface area (Å²) in [6, 6.07) is 17.0. The molecule has 8 heteroatoms. The average Bonchev–Trinajstić information content (AvgIpc) is 3.63. The third-order valence-corrected chi connectivity index (χ3v) is 7.91. The minimum Gasteiger partial charge on any atom is -0.330 e. The van der Waals surface area contributed by atoms with Gasteiger partial charge in [0, 0.05) is 17.9 Å². The first-order valence-electron chi connectivity index (χ1n) is 14.3. The third kappa shape index (κ3) is 6.35. The summed E-state index contributed by atoms with van der Waals surface area (Å²) in [7, 11) is 0. The Morgan fingerprint density at radius 2 is 1.74 bits per heavy atom. The summed E-state index contributed by atoms with van der Waals surface area (Å²) in [6.45, 7) is 3.79. The second-order valence-electron chi connectivity index (χ2n) is 10.6. The summed E-state index contributed by atoms with van der Waals surface area (Å²) >= 11 is 0. The number of aromatic amines is 1. The highest BCUT2D eigenvalue weighted by Gasteiger charge is 2.26. The number of nitrogens with zero attached hydrogens (tertiary/aromatic N) is 6. The monoisotopic (exact) mass is 512 g/mol. The number of H-pyrrole nitrogens is 1. The van der Waals surface area contributed by atoms with E-state index in [-0.39, 0.29) is 0 Å². The topological polar surface area (TPSA) is 111 Å². The molecule has 0 bridgehead atoms. The minimum absolute atomic E-state index is 0.489. The van der Waals surface area contributed by atoms with E-state index in [9.17, 15) is 0 Å². The van der Waals surface area contributed by atoms with Crippen molar-refractivity contribution in [3.05, 3.63) is 65.7 Å². The number of rotatable bonds is 12. The van der Waals surface area contributed by atoms with E-state index in [1.807, 2.05) is 18.2 Å². The van der Waals surface area contributed by atoms with Crippen molar-refractivity contribution >= 4 is 0 Å². The van der Waals surface area contributed by atoms with Gasteiger partial charge in [-0.2, -0.15) is 5.10 Å². The number of hydrogen-bond acceptors (Lipinski definition) is 6. The second kappa shape index (κ2) is 12.9. The van der Waals surface area contributed by atoms with E-state index in [2.05, 4.69) is 62.6 Å². The van der Waals surface area contributed by atoms with Gasteiger partial charge in [-0.15, -0.1) is 5.10 Å². The van der Waals surface area contributed by atoms with Crippen LogP contribution >= 0.6 is 0 Å². The van der Waals surface area contributed by atoms with Gasteiger partial charge in [0.25, 0.3) is 0 Å². The van der Waals surface area contributed by atoms with E-state index < -0.39 is 0 Å². The van der Waals surface area contributed by atoms with Gasteiger partial charge < -0.3 is 5.73 Å². The van der Waals surface area contributed by atoms with Gasteiger partial charge in [0.2, 0.25) is 0 Å². The number of unbranched alkanes of at least 4 members (excludes halogenated alkanes) is 3. The maximum absolute atomic E-state index is 5.83. The van der Waals surface area contributed by atoms with Crippen LogP contribution in [0.15, 0.2) is 48.5 Å². The molecule has 200 valence electrons. The summed E-state index contributed by atoms with van der Waals surface area (Å²) in [4.78, 5) is 5.11. The van der Waals surface area contributed by atoms with Crippen molar-refractivity contribution in [2.75, 3.05) is 6.54 Å². The van der Waals surface area contributed by atoms with Crippen LogP contribution in [0.25, 0.3) is 22.5 Å². The second-order valence-corrected chi connectivity index (χ2v) is 10.6. The normalized spacial score (nSPS) is 17.6. The lowest BCUT2D eigenvalue weighted by atomic mass is 9.80. The van der Waals surface area contributed by atoms with Crippen LogP contribution in [0.4, 0.5) is 0 Å². The maximum Gasteiger partial charge on any atom is 0.180 e. The van der Waals surface area contributed by atoms with E-state index >= 15 is 0 Å². The number of benzene rings is 2. The Bertz CT molecular complexity index is 1250. The van der Waals surface area contributed by atoms with E-state index in [1.165, 1.54) is 56.3 Å². The van der Waals surface area contributed by atoms with Crippen molar-refractivity contribution in [3.8, 4) is 22.5 Å². The molecule has 1 fully saturated rings. The number of tetrazole rings is 1. The third-order valence-electron chi connectivity index (χ3n) is 7.91. The molecule has 4 aromatic rings. The zero-order valence-electron chi connectivity index (χ0n) is 22.5. The molecule has 2 aromatic carbocycles. The lowest BCUT2D eigenvalue weighted by Crippen LogP contribution is -2.19. The van der Waals surface area contributed by atoms with Crippen LogP contribution in [-0.2, 0) is 13.0 Å². The molecule has 0 unspecified atom stereocenters. The smallest absolute Gasteiger partial charge is 0.180 e. The van der Waals surface area contributed by atoms with Crippen molar-refractivity contribution in [3.63, 3.8) is 0 Å². The number of nitrogens with one attached hydrogen (secondary N) is 1. The predicted octanol–water partition coefficient (Wildman–Crippen LogP) is 5.92. The van der Waals surface area contributed by atoms with Crippen LogP contribution in [0.1, 0.15) is 87.8 Å². The van der Waals surface area contributed by atoms with Gasteiger partial charge in [-0.3, -0.25) is 0 Å². The van der Waals surface area contributed by atoms with Crippen LogP contribution in [-0.4, -0.2) is 41.9 Å². The van der Waals surface area contributed by atoms with Crippen molar-refractivity contribution < 1.29 is 0 Å². The number of nitrogens with two attached hydrogens (primary N) is 1. The fourth-order valence-corrected chi connectivity index (χ4v) is 5.76. The molecule has 0 spiro atoms. The average molecular weight is 513 g/mol. The molecular weight excluding hydrogens is 472 g/mol. The highest BCUT2D eigenvalue weighted by Crippen LogP contribution is 2.36. The summed E-state index contributed by atoms with van der Waals surface area (Å²) in [6.07, 6.45) is 11.9. The van der Waals surface area contributed by atoms with Crippen LogP contribution in [0.2, 0.25) is 0 Å². The molecule has 2 aromatic heterocycles. The van der Waals surface area contributed by atoms with Gasteiger partial charge in [0.05, 0.1) is 6.54 Å². The minimum atomic E-state index is 0.489. The molecule has 38 heavy (non-hydrogen) atoms. The summed E-state index contributed by atoms with van der Waals surface area (Å²) in [5.74, 6) is 4.11. The Kier molecular flexibility index (Phi) is 8.91. The molecule has 3 N–H and O–H groups in total. The van der Waals surface area contributed by atoms with Gasteiger partial charge in [-0.1, -0.05) is 74.7 Å². The molecule has 1 aliphatic rings. The highest BCUT2D eigenvalue weighted by molar-refractivity contribution is 5.80. The van der Waals surface area contributed by atoms with Gasteiger partial charge >= 0.3 is 0 Å². The Morgan fingerprint density at radius 1 is 0.947 bits per heavy atom. The molecule has 1 aliphatic carbocycles. The van der Waals surface area contributed by atoms with Crippen molar-refractivity contribution in [2.24, 2.45) is 11.7 Å². The first-order valence-corrected chi connectivity index (χ1v) is 14.3. The molecule has 1 saturated carbocycles. The van der Waals surface area contributed by atoms with Crippen molar-refractivity contribution in [1.82, 2.24) is 35.4 Å². The molecule has 0 atom stereocenters. The van der Waals surface area contributed by atoms with Crippen LogP contribution in [0, 0.1) is 5.92 Å². The number of aryl methyl sites for hydroxylation is 1. The SMILES string of the molecule is CCCCCCc1nc(C2CCC(CCN)CC2)n(Cc2ccc(-c3ccccc3-c3nnn[nH]3)cc2)n1. The summed E-state index contributed by atoms with van der Waals surface area (Å²) in [5, 5.41) is 19.5. The Labute approximate surface area is 225 Å². The predicted molar refractivity (Wildman–Crippen MR) is 150 cm³/mol. The highest BCUT2D eigenvalue weighted by atomic mass is 15.5. The molecule has 0 amide bonds. The molecule has 5 rings (SSSR count). The Morgan fingerprint density at radius 3 is 2.45 bits per heavy atom. The molecule has 0 aliphatic heterocycles. The standard InChI is InChI=1S/C30H40N8/c1-2-3-4-5-10-28-32-30(25-17-11-22(12-18-25)19-20-31)38(35-28)21-23-13-15-24(16-14-23)26-8-6-7-9-27(26)29-33-36-37-34-29/h6-9,13-16,22,25H,2-5,10-12,17-21,31H2,1H3,(H,33,34,36,37). The van der Waals surface area contributed by atoms with Crippen LogP contribution < -0.4 is 5.73 Å². The first-order chi connectivity index (χ1) is 18.7. The maximum atomic E-state index is 5.83. The lowest BCUT2D eigenvalue weighted by Gasteiger charge is -2.27. The van der Waals surface area contributed by atoms with Crippen molar-refractivity contribution in [1.29, 1.82) is 0 Å². The zero-order valence-corrected chi connectivity index (χ0v) is 22.5. The van der Waals surface area contributed by atoms with E-state index in [0.29, 0.717) is 11.7 Å². The van der Waals surface area contributed by atoms with Crippen molar-refractivity contribution in [2.45, 2.75) is 83.6 Å². The molecule has 0 radical (unpaired) electrons. The van der Waals surface area contributed by atoms with Crippen LogP contribution in [0.3, 0.4) is 0 Å². The van der Waals surface area contributed by atoms with Gasteiger partial charge in [0.15, 0.2) is 11.6 Å². The summed E-state index contributed by atoms with van der Waals surface area (Å²) < 4.78 is 2.19. The van der Waals surface area contributed by atoms with Gasteiger partial charge in [-0.25, -0.2) is 14.8 Å². The zero-order chi connectivity index (χ0) is 26.2. The largest absolute Gasteiger partial charge is 0.330 e. The van der Waals surface area contributed by atoms with Gasteiger partial charge in [0.1, 0.15) is 5.82 Å². The van der Waals surface area contributed by atoms with Gasteiger partial charge in [-0.05, 0) is 78.1 Å². The van der Waals surface area contributed by atoms with E-state index in [4.69, 9.17) is 15.8 Å². The summed E-state index contributed by atoms with van der Waals surface area (Å²) in [5.41, 5.74) is 10.3. The molecule has 0 saturated heterocycles. The van der Waals surface area contributed by atoms with E-state index in [1.54, 1.807) is 0 Å². The number of aromatic nitrogens is 7. The Balaban J connectivity index is 1.34. The van der Waals surface area contributed by atoms with E-state index in [0.717, 1.165) is 60.8 Å². The lowest BCUT2D eigenvalue weighted by molar-refractivity contribution is 0.302. The molecule has 8 nitrogen and oxygen atoms in total. The van der Waals surface area contributed by atoms with Crippen LogP contribution in [0.5, 0.6) is 0 Å². The number of hydrogen-bond donors (Lipinski definition) is 2. The Hall–Kier alpha value is -3.39. The molecular formula is C30H40N8. The fourth-order valence-electron chi connectivity index (χ4n) is 5.76. The fraction of sp³-hybridized carbons (Fsp3) is 0.500. The first kappa shape index (κ1) is 26.2.